The second-order valence-electron chi connectivity index (χ2n) is 5.60. The predicted molar refractivity (Wildman–Crippen MR) is 67.1 cm³/mol. The van der Waals surface area contributed by atoms with E-state index in [4.69, 9.17) is 0 Å². The van der Waals surface area contributed by atoms with Crippen molar-refractivity contribution >= 4 is 12.6 Å². The number of hydrogen-bond donors (Lipinski definition) is 1. The van der Waals surface area contributed by atoms with Crippen molar-refractivity contribution in [1.82, 2.24) is 4.90 Å². The normalized spacial score (nSPS) is 24.0. The van der Waals surface area contributed by atoms with Crippen LogP contribution in [-0.2, 0) is 0 Å². The van der Waals surface area contributed by atoms with Gasteiger partial charge in [0.15, 0.2) is 0 Å². The van der Waals surface area contributed by atoms with Gasteiger partial charge in [-0.05, 0) is 49.4 Å². The molecule has 84 valence electrons. The highest BCUT2D eigenvalue weighted by Crippen LogP contribution is 2.29. The Morgan fingerprint density at radius 2 is 2.07 bits per heavy atom. The minimum Gasteiger partial charge on any atom is -0.303 e. The van der Waals surface area contributed by atoms with E-state index in [2.05, 4.69) is 38.3 Å². The molecule has 0 aromatic heterocycles. The van der Waals surface area contributed by atoms with E-state index in [0.717, 1.165) is 11.7 Å². The molecule has 1 nitrogen and oxygen atoms in total. The molecule has 0 aliphatic carbocycles. The summed E-state index contributed by atoms with van der Waals surface area (Å²) in [7, 11) is 0. The van der Waals surface area contributed by atoms with Crippen LogP contribution in [0.3, 0.4) is 0 Å². The molecule has 0 spiro atoms. The van der Waals surface area contributed by atoms with Crippen LogP contribution in [0, 0.1) is 11.3 Å². The van der Waals surface area contributed by atoms with E-state index in [9.17, 15) is 0 Å². The van der Waals surface area contributed by atoms with Crippen molar-refractivity contribution in [2.75, 3.05) is 25.4 Å². The fourth-order valence-electron chi connectivity index (χ4n) is 2.18. The van der Waals surface area contributed by atoms with E-state index in [1.807, 2.05) is 0 Å². The zero-order chi connectivity index (χ0) is 10.6. The van der Waals surface area contributed by atoms with Gasteiger partial charge in [-0.2, -0.15) is 12.6 Å². The van der Waals surface area contributed by atoms with Gasteiger partial charge in [0, 0.05) is 6.54 Å². The van der Waals surface area contributed by atoms with Crippen molar-refractivity contribution in [2.24, 2.45) is 11.3 Å². The smallest absolute Gasteiger partial charge is 0.00332 e. The first-order valence-electron chi connectivity index (χ1n) is 5.87. The largest absolute Gasteiger partial charge is 0.303 e. The molecule has 1 fully saturated rings. The van der Waals surface area contributed by atoms with Crippen LogP contribution >= 0.6 is 12.6 Å². The highest BCUT2D eigenvalue weighted by atomic mass is 32.1. The molecule has 1 saturated heterocycles. The van der Waals surface area contributed by atoms with Crippen LogP contribution in [0.5, 0.6) is 0 Å². The lowest BCUT2D eigenvalue weighted by Crippen LogP contribution is -2.25. The summed E-state index contributed by atoms with van der Waals surface area (Å²) in [5.74, 6) is 1.88. The van der Waals surface area contributed by atoms with Crippen LogP contribution in [0.2, 0.25) is 0 Å². The number of rotatable bonds is 5. The van der Waals surface area contributed by atoms with Crippen LogP contribution < -0.4 is 0 Å². The first-order chi connectivity index (χ1) is 6.53. The fraction of sp³-hybridized carbons (Fsp3) is 1.00. The van der Waals surface area contributed by atoms with Gasteiger partial charge in [-0.25, -0.2) is 0 Å². The highest BCUT2D eigenvalue weighted by Gasteiger charge is 2.28. The van der Waals surface area contributed by atoms with Crippen molar-refractivity contribution in [3.05, 3.63) is 0 Å². The average molecular weight is 215 g/mol. The van der Waals surface area contributed by atoms with Crippen LogP contribution in [0.4, 0.5) is 0 Å². The molecule has 1 atom stereocenters. The van der Waals surface area contributed by atoms with Crippen molar-refractivity contribution in [2.45, 2.75) is 40.0 Å². The van der Waals surface area contributed by atoms with E-state index < -0.39 is 0 Å². The summed E-state index contributed by atoms with van der Waals surface area (Å²) in [5, 5.41) is 0. The first-order valence-corrected chi connectivity index (χ1v) is 6.50. The maximum Gasteiger partial charge on any atom is 0.00332 e. The fourth-order valence-corrected chi connectivity index (χ4v) is 2.62. The van der Waals surface area contributed by atoms with Gasteiger partial charge in [-0.3, -0.25) is 0 Å². The Morgan fingerprint density at radius 1 is 1.36 bits per heavy atom. The summed E-state index contributed by atoms with van der Waals surface area (Å²) in [6.45, 7) is 11.0. The third kappa shape index (κ3) is 4.22. The number of hydrogen-bond acceptors (Lipinski definition) is 2. The Hall–Kier alpha value is 0.310. The molecule has 1 aliphatic heterocycles. The summed E-state index contributed by atoms with van der Waals surface area (Å²) < 4.78 is 0. The molecule has 0 bridgehead atoms. The predicted octanol–water partition coefficient (Wildman–Crippen LogP) is 3.06. The average Bonchev–Trinajstić information content (AvgIpc) is 2.43. The van der Waals surface area contributed by atoms with Crippen LogP contribution in [-0.4, -0.2) is 30.3 Å². The van der Waals surface area contributed by atoms with Gasteiger partial charge in [-0.1, -0.05) is 20.8 Å². The van der Waals surface area contributed by atoms with Gasteiger partial charge in [0.05, 0.1) is 0 Å². The van der Waals surface area contributed by atoms with Gasteiger partial charge in [-0.15, -0.1) is 0 Å². The van der Waals surface area contributed by atoms with E-state index in [1.165, 1.54) is 38.9 Å². The molecule has 0 aromatic rings. The Labute approximate surface area is 94.7 Å². The molecule has 2 heteroatoms. The summed E-state index contributed by atoms with van der Waals surface area (Å²) in [5.41, 5.74) is 0.562. The minimum absolute atomic E-state index is 0.562. The van der Waals surface area contributed by atoms with E-state index >= 15 is 0 Å². The number of likely N-dealkylation sites (tertiary alicyclic amines) is 1. The minimum atomic E-state index is 0.562. The lowest BCUT2D eigenvalue weighted by Gasteiger charge is -2.21. The maximum atomic E-state index is 4.28. The van der Waals surface area contributed by atoms with Gasteiger partial charge < -0.3 is 4.90 Å². The summed E-state index contributed by atoms with van der Waals surface area (Å²) in [6, 6.07) is 0. The Bertz CT molecular complexity index is 168. The Kier molecular flexibility index (Phi) is 4.78. The van der Waals surface area contributed by atoms with Crippen LogP contribution in [0.25, 0.3) is 0 Å². The zero-order valence-electron chi connectivity index (χ0n) is 9.92. The SMILES string of the molecule is CC(CCS)CCN1CCC(C)(C)C1. The molecule has 0 amide bonds. The number of nitrogens with zero attached hydrogens (tertiary/aromatic N) is 1. The van der Waals surface area contributed by atoms with Gasteiger partial charge in [0.25, 0.3) is 0 Å². The van der Waals surface area contributed by atoms with Crippen LogP contribution in [0.1, 0.15) is 40.0 Å². The topological polar surface area (TPSA) is 3.24 Å². The lowest BCUT2D eigenvalue weighted by atomic mass is 9.93. The third-order valence-corrected chi connectivity index (χ3v) is 3.57. The molecular formula is C12H25NS. The van der Waals surface area contributed by atoms with Gasteiger partial charge >= 0.3 is 0 Å². The second kappa shape index (κ2) is 5.41. The maximum absolute atomic E-state index is 4.28. The van der Waals surface area contributed by atoms with Crippen molar-refractivity contribution in [3.63, 3.8) is 0 Å². The Balaban J connectivity index is 2.14. The molecule has 0 saturated carbocycles. The number of thiol groups is 1. The third-order valence-electron chi connectivity index (χ3n) is 3.32. The van der Waals surface area contributed by atoms with Gasteiger partial charge in [0.1, 0.15) is 0 Å². The summed E-state index contributed by atoms with van der Waals surface area (Å²) in [6.07, 6.45) is 3.98. The monoisotopic (exact) mass is 215 g/mol. The van der Waals surface area contributed by atoms with Crippen molar-refractivity contribution in [3.8, 4) is 0 Å². The van der Waals surface area contributed by atoms with Crippen molar-refractivity contribution in [1.29, 1.82) is 0 Å². The lowest BCUT2D eigenvalue weighted by molar-refractivity contribution is 0.271. The molecular weight excluding hydrogens is 190 g/mol. The Morgan fingerprint density at radius 3 is 2.57 bits per heavy atom. The van der Waals surface area contributed by atoms with Gasteiger partial charge in [0.2, 0.25) is 0 Å². The molecule has 0 aromatic carbocycles. The molecule has 1 heterocycles. The molecule has 0 N–H and O–H groups in total. The summed E-state index contributed by atoms with van der Waals surface area (Å²) in [4.78, 5) is 2.62. The summed E-state index contributed by atoms with van der Waals surface area (Å²) >= 11 is 4.28. The molecule has 1 aliphatic rings. The first kappa shape index (κ1) is 12.4. The van der Waals surface area contributed by atoms with E-state index in [1.54, 1.807) is 0 Å². The molecule has 0 radical (unpaired) electrons. The molecule has 1 unspecified atom stereocenters. The molecule has 14 heavy (non-hydrogen) atoms. The second-order valence-corrected chi connectivity index (χ2v) is 6.04. The zero-order valence-corrected chi connectivity index (χ0v) is 10.8. The van der Waals surface area contributed by atoms with E-state index in [0.29, 0.717) is 5.41 Å². The van der Waals surface area contributed by atoms with Crippen LogP contribution in [0.15, 0.2) is 0 Å². The highest BCUT2D eigenvalue weighted by molar-refractivity contribution is 7.80. The van der Waals surface area contributed by atoms with E-state index in [-0.39, 0.29) is 0 Å². The quantitative estimate of drug-likeness (QED) is 0.690. The standard InChI is InChI=1S/C12H25NS/c1-11(5-9-14)4-7-13-8-6-12(2,3)10-13/h11,14H,4-10H2,1-3H3. The van der Waals surface area contributed by atoms with Crippen molar-refractivity contribution < 1.29 is 0 Å². The molecule has 1 rings (SSSR count).